The van der Waals surface area contributed by atoms with Crippen LogP contribution in [0.4, 0.5) is 4.39 Å². The van der Waals surface area contributed by atoms with Crippen LogP contribution in [0, 0.1) is 5.82 Å². The van der Waals surface area contributed by atoms with Gasteiger partial charge in [0.05, 0.1) is 17.2 Å². The SMILES string of the molecule is CC(C)N1CCCC[C@H]1CCn1cnc2cc(F)ccc2c1=O. The molecule has 0 N–H and O–H groups in total. The Hall–Kier alpha value is -1.75. The van der Waals surface area contributed by atoms with Crippen molar-refractivity contribution < 1.29 is 4.39 Å². The Kier molecular flexibility index (Phi) is 4.76. The summed E-state index contributed by atoms with van der Waals surface area (Å²) in [5, 5.41) is 0.484. The molecule has 1 aliphatic heterocycles. The molecule has 0 saturated carbocycles. The summed E-state index contributed by atoms with van der Waals surface area (Å²) < 4.78 is 14.9. The molecular formula is C18H24FN3O. The van der Waals surface area contributed by atoms with Gasteiger partial charge in [0.25, 0.3) is 5.56 Å². The summed E-state index contributed by atoms with van der Waals surface area (Å²) in [6.45, 7) is 6.27. The van der Waals surface area contributed by atoms with Gasteiger partial charge in [0.2, 0.25) is 0 Å². The normalized spacial score (nSPS) is 19.6. The third-order valence-corrected chi connectivity index (χ3v) is 4.83. The van der Waals surface area contributed by atoms with Crippen molar-refractivity contribution in [1.29, 1.82) is 0 Å². The first-order chi connectivity index (χ1) is 11.1. The first-order valence-electron chi connectivity index (χ1n) is 8.46. The Morgan fingerprint density at radius 2 is 2.17 bits per heavy atom. The molecule has 2 aromatic rings. The molecule has 0 bridgehead atoms. The van der Waals surface area contributed by atoms with Gasteiger partial charge in [-0.25, -0.2) is 9.37 Å². The van der Waals surface area contributed by atoms with Crippen molar-refractivity contribution >= 4 is 10.9 Å². The van der Waals surface area contributed by atoms with Gasteiger partial charge in [0.15, 0.2) is 0 Å². The van der Waals surface area contributed by atoms with E-state index < -0.39 is 0 Å². The second kappa shape index (κ2) is 6.79. The largest absolute Gasteiger partial charge is 0.299 e. The van der Waals surface area contributed by atoms with Gasteiger partial charge < -0.3 is 0 Å². The molecule has 0 spiro atoms. The second-order valence-electron chi connectivity index (χ2n) is 6.67. The zero-order chi connectivity index (χ0) is 16.4. The van der Waals surface area contributed by atoms with Crippen molar-refractivity contribution in [1.82, 2.24) is 14.5 Å². The maximum atomic E-state index is 13.2. The fourth-order valence-corrected chi connectivity index (χ4v) is 3.59. The summed E-state index contributed by atoms with van der Waals surface area (Å²) in [5.74, 6) is -0.364. The smallest absolute Gasteiger partial charge is 0.261 e. The van der Waals surface area contributed by atoms with Crippen LogP contribution in [0.3, 0.4) is 0 Å². The van der Waals surface area contributed by atoms with Gasteiger partial charge >= 0.3 is 0 Å². The molecule has 3 rings (SSSR count). The van der Waals surface area contributed by atoms with Gasteiger partial charge in [0, 0.05) is 24.7 Å². The molecule has 1 saturated heterocycles. The number of hydrogen-bond acceptors (Lipinski definition) is 3. The van der Waals surface area contributed by atoms with Crippen LogP contribution in [0.5, 0.6) is 0 Å². The van der Waals surface area contributed by atoms with E-state index in [0.717, 1.165) is 13.0 Å². The predicted octanol–water partition coefficient (Wildman–Crippen LogP) is 3.19. The average Bonchev–Trinajstić information content (AvgIpc) is 2.54. The maximum Gasteiger partial charge on any atom is 0.261 e. The summed E-state index contributed by atoms with van der Waals surface area (Å²) in [6, 6.07) is 5.21. The monoisotopic (exact) mass is 317 g/mol. The number of fused-ring (bicyclic) bond motifs is 1. The lowest BCUT2D eigenvalue weighted by atomic mass is 9.97. The molecule has 0 radical (unpaired) electrons. The lowest BCUT2D eigenvalue weighted by Crippen LogP contribution is -2.44. The van der Waals surface area contributed by atoms with Crippen molar-refractivity contribution in [3.8, 4) is 0 Å². The van der Waals surface area contributed by atoms with E-state index in [1.165, 1.54) is 37.5 Å². The summed E-state index contributed by atoms with van der Waals surface area (Å²) >= 11 is 0. The van der Waals surface area contributed by atoms with Gasteiger partial charge in [-0.15, -0.1) is 0 Å². The van der Waals surface area contributed by atoms with Gasteiger partial charge in [0.1, 0.15) is 5.82 Å². The highest BCUT2D eigenvalue weighted by Gasteiger charge is 2.24. The van der Waals surface area contributed by atoms with Crippen LogP contribution in [0.15, 0.2) is 29.3 Å². The van der Waals surface area contributed by atoms with Crippen LogP contribution < -0.4 is 5.56 Å². The van der Waals surface area contributed by atoms with Crippen LogP contribution in [-0.4, -0.2) is 33.1 Å². The van der Waals surface area contributed by atoms with Crippen LogP contribution in [0.1, 0.15) is 39.5 Å². The molecule has 4 nitrogen and oxygen atoms in total. The lowest BCUT2D eigenvalue weighted by molar-refractivity contribution is 0.102. The molecule has 1 atom stereocenters. The zero-order valence-electron chi connectivity index (χ0n) is 13.8. The Bertz CT molecular complexity index is 741. The van der Waals surface area contributed by atoms with Gasteiger partial charge in [-0.3, -0.25) is 14.3 Å². The number of aryl methyl sites for hydroxylation is 1. The number of hydrogen-bond donors (Lipinski definition) is 0. The second-order valence-corrected chi connectivity index (χ2v) is 6.67. The van der Waals surface area contributed by atoms with E-state index in [9.17, 15) is 9.18 Å². The summed E-state index contributed by atoms with van der Waals surface area (Å²) in [6.07, 6.45) is 6.22. The Balaban J connectivity index is 1.78. The van der Waals surface area contributed by atoms with Crippen LogP contribution in [0.25, 0.3) is 10.9 Å². The molecule has 1 aromatic heterocycles. The number of piperidine rings is 1. The van der Waals surface area contributed by atoms with Crippen LogP contribution >= 0.6 is 0 Å². The standard InChI is InChI=1S/C18H24FN3O/c1-13(2)22-9-4-3-5-15(22)8-10-21-12-20-17-11-14(19)6-7-16(17)18(21)23/h6-7,11-13,15H,3-5,8-10H2,1-2H3/t15-/m0/s1. The van der Waals surface area contributed by atoms with Gasteiger partial charge in [-0.2, -0.15) is 0 Å². The third kappa shape index (κ3) is 3.44. The van der Waals surface area contributed by atoms with E-state index in [0.29, 0.717) is 29.5 Å². The van der Waals surface area contributed by atoms with E-state index in [2.05, 4.69) is 23.7 Å². The minimum Gasteiger partial charge on any atom is -0.299 e. The molecule has 2 heterocycles. The van der Waals surface area contributed by atoms with Crippen LogP contribution in [0.2, 0.25) is 0 Å². The van der Waals surface area contributed by atoms with Gasteiger partial charge in [-0.05, 0) is 51.8 Å². The lowest BCUT2D eigenvalue weighted by Gasteiger charge is -2.38. The highest BCUT2D eigenvalue weighted by molar-refractivity contribution is 5.77. The molecule has 0 unspecified atom stereocenters. The summed E-state index contributed by atoms with van der Waals surface area (Å²) in [7, 11) is 0. The molecule has 124 valence electrons. The van der Waals surface area contributed by atoms with Crippen molar-refractivity contribution in [3.05, 3.63) is 40.7 Å². The molecule has 1 fully saturated rings. The van der Waals surface area contributed by atoms with E-state index in [4.69, 9.17) is 0 Å². The first-order valence-corrected chi connectivity index (χ1v) is 8.46. The average molecular weight is 317 g/mol. The summed E-state index contributed by atoms with van der Waals surface area (Å²) in [4.78, 5) is 19.3. The highest BCUT2D eigenvalue weighted by Crippen LogP contribution is 2.22. The number of rotatable bonds is 4. The molecule has 5 heteroatoms. The number of aromatic nitrogens is 2. The van der Waals surface area contributed by atoms with Crippen molar-refractivity contribution in [2.45, 2.75) is 58.2 Å². The van der Waals surface area contributed by atoms with E-state index in [1.807, 2.05) is 0 Å². The quantitative estimate of drug-likeness (QED) is 0.869. The number of halogens is 1. The first kappa shape index (κ1) is 16.1. The van der Waals surface area contributed by atoms with E-state index >= 15 is 0 Å². The summed E-state index contributed by atoms with van der Waals surface area (Å²) in [5.41, 5.74) is 0.342. The van der Waals surface area contributed by atoms with Crippen molar-refractivity contribution in [3.63, 3.8) is 0 Å². The molecular weight excluding hydrogens is 293 g/mol. The van der Waals surface area contributed by atoms with E-state index in [1.54, 1.807) is 10.9 Å². The van der Waals surface area contributed by atoms with Crippen LogP contribution in [-0.2, 0) is 6.54 Å². The van der Waals surface area contributed by atoms with Gasteiger partial charge in [-0.1, -0.05) is 6.42 Å². The molecule has 0 amide bonds. The van der Waals surface area contributed by atoms with Crippen molar-refractivity contribution in [2.24, 2.45) is 0 Å². The molecule has 1 aliphatic rings. The topological polar surface area (TPSA) is 38.1 Å². The zero-order valence-corrected chi connectivity index (χ0v) is 13.8. The Labute approximate surface area is 135 Å². The van der Waals surface area contributed by atoms with Crippen molar-refractivity contribution in [2.75, 3.05) is 6.54 Å². The molecule has 23 heavy (non-hydrogen) atoms. The fourth-order valence-electron chi connectivity index (χ4n) is 3.59. The third-order valence-electron chi connectivity index (χ3n) is 4.83. The Morgan fingerprint density at radius 3 is 2.96 bits per heavy atom. The highest BCUT2D eigenvalue weighted by atomic mass is 19.1. The number of likely N-dealkylation sites (tertiary alicyclic amines) is 1. The minimum absolute atomic E-state index is 0.0816. The molecule has 1 aromatic carbocycles. The Morgan fingerprint density at radius 1 is 1.35 bits per heavy atom. The predicted molar refractivity (Wildman–Crippen MR) is 90.1 cm³/mol. The number of benzene rings is 1. The maximum absolute atomic E-state index is 13.2. The fraction of sp³-hybridized carbons (Fsp3) is 0.556. The van der Waals surface area contributed by atoms with E-state index in [-0.39, 0.29) is 11.4 Å². The minimum atomic E-state index is -0.364. The number of nitrogens with zero attached hydrogens (tertiary/aromatic N) is 3. The molecule has 0 aliphatic carbocycles.